The quantitative estimate of drug-likeness (QED) is 0.818. The molecule has 1 atom stereocenters. The fraction of sp³-hybridized carbons (Fsp3) is 0.0909. The van der Waals surface area contributed by atoms with E-state index in [1.54, 1.807) is 24.3 Å². The van der Waals surface area contributed by atoms with Crippen molar-refractivity contribution in [3.8, 4) is 0 Å². The number of aromatic nitrogens is 1. The smallest absolute Gasteiger partial charge is 0.343 e. The average Bonchev–Trinajstić information content (AvgIpc) is 2.27. The van der Waals surface area contributed by atoms with E-state index < -0.39 is 12.1 Å². The van der Waals surface area contributed by atoms with E-state index in [1.807, 2.05) is 0 Å². The van der Waals surface area contributed by atoms with E-state index in [4.69, 9.17) is 5.11 Å². The van der Waals surface area contributed by atoms with E-state index in [0.29, 0.717) is 10.9 Å². The Hall–Kier alpha value is -1.97. The fourth-order valence-electron chi connectivity index (χ4n) is 1.47. The second kappa shape index (κ2) is 3.65. The van der Waals surface area contributed by atoms with Crippen molar-refractivity contribution in [2.45, 2.75) is 6.17 Å². The molecule has 0 saturated heterocycles. The molecule has 1 aromatic heterocycles. The lowest BCUT2D eigenvalue weighted by atomic mass is 10.1. The molecule has 4 heteroatoms. The van der Waals surface area contributed by atoms with Crippen LogP contribution >= 0.6 is 0 Å². The molecule has 15 heavy (non-hydrogen) atoms. The molecule has 0 amide bonds. The molecule has 2 rings (SSSR count). The molecular weight excluding hydrogens is 197 g/mol. The summed E-state index contributed by atoms with van der Waals surface area (Å²) in [5.41, 5.74) is 0.743. The Labute approximate surface area is 85.2 Å². The number of alkyl halides is 1. The molecule has 0 saturated carbocycles. The molecule has 76 valence electrons. The van der Waals surface area contributed by atoms with Crippen LogP contribution in [0, 0.1) is 0 Å². The van der Waals surface area contributed by atoms with Crippen LogP contribution in [0.5, 0.6) is 0 Å². The average molecular weight is 205 g/mol. The predicted octanol–water partition coefficient (Wildman–Crippen LogP) is 2.33. The second-order valence-corrected chi connectivity index (χ2v) is 3.12. The molecular formula is C11H8FNO2. The SMILES string of the molecule is O=C(O)C(F)c1ccnc2ccccc12. The maximum Gasteiger partial charge on any atom is 0.343 e. The molecule has 1 aromatic carbocycles. The molecule has 0 bridgehead atoms. The summed E-state index contributed by atoms with van der Waals surface area (Å²) in [5, 5.41) is 9.14. The van der Waals surface area contributed by atoms with E-state index in [1.165, 1.54) is 12.3 Å². The van der Waals surface area contributed by atoms with Crippen LogP contribution < -0.4 is 0 Å². The summed E-state index contributed by atoms with van der Waals surface area (Å²) < 4.78 is 13.4. The standard InChI is InChI=1S/C11H8FNO2/c12-10(11(14)15)8-5-6-13-9-4-2-1-3-7(8)9/h1-6,10H,(H,14,15). The number of carboxylic acid groups (broad SMARTS) is 1. The molecule has 1 N–H and O–H groups in total. The van der Waals surface area contributed by atoms with Gasteiger partial charge >= 0.3 is 5.97 Å². The largest absolute Gasteiger partial charge is 0.479 e. The van der Waals surface area contributed by atoms with Gasteiger partial charge in [0.15, 0.2) is 0 Å². The number of pyridine rings is 1. The van der Waals surface area contributed by atoms with Gasteiger partial charge in [-0.15, -0.1) is 0 Å². The Morgan fingerprint density at radius 2 is 2.07 bits per heavy atom. The minimum absolute atomic E-state index is 0.146. The first-order valence-electron chi connectivity index (χ1n) is 4.40. The first-order valence-corrected chi connectivity index (χ1v) is 4.40. The zero-order chi connectivity index (χ0) is 10.8. The molecule has 1 unspecified atom stereocenters. The Balaban J connectivity index is 2.65. The molecule has 0 spiro atoms. The Morgan fingerprint density at radius 1 is 1.33 bits per heavy atom. The number of nitrogens with zero attached hydrogens (tertiary/aromatic N) is 1. The highest BCUT2D eigenvalue weighted by Gasteiger charge is 2.20. The summed E-state index contributed by atoms with van der Waals surface area (Å²) in [4.78, 5) is 14.6. The highest BCUT2D eigenvalue weighted by Crippen LogP contribution is 2.25. The summed E-state index contributed by atoms with van der Waals surface area (Å²) in [6.45, 7) is 0. The van der Waals surface area contributed by atoms with Gasteiger partial charge in [0.05, 0.1) is 5.52 Å². The zero-order valence-electron chi connectivity index (χ0n) is 7.72. The number of aliphatic carboxylic acids is 1. The minimum atomic E-state index is -2.00. The topological polar surface area (TPSA) is 50.2 Å². The maximum absolute atomic E-state index is 13.4. The van der Waals surface area contributed by atoms with Crippen LogP contribution in [0.25, 0.3) is 10.9 Å². The number of para-hydroxylation sites is 1. The lowest BCUT2D eigenvalue weighted by Gasteiger charge is -2.06. The van der Waals surface area contributed by atoms with Gasteiger partial charge < -0.3 is 5.11 Å². The van der Waals surface area contributed by atoms with Crippen LogP contribution in [-0.4, -0.2) is 16.1 Å². The van der Waals surface area contributed by atoms with E-state index in [9.17, 15) is 9.18 Å². The summed E-state index contributed by atoms with van der Waals surface area (Å²) in [7, 11) is 0. The first kappa shape index (κ1) is 9.58. The number of carbonyl (C=O) groups is 1. The van der Waals surface area contributed by atoms with Crippen LogP contribution in [-0.2, 0) is 4.79 Å². The van der Waals surface area contributed by atoms with Gasteiger partial charge in [0.25, 0.3) is 0 Å². The number of carboxylic acids is 1. The van der Waals surface area contributed by atoms with Gasteiger partial charge in [-0.05, 0) is 12.1 Å². The monoisotopic (exact) mass is 205 g/mol. The summed E-state index contributed by atoms with van der Waals surface area (Å²) in [5.74, 6) is -1.48. The lowest BCUT2D eigenvalue weighted by Crippen LogP contribution is -2.06. The normalized spacial score (nSPS) is 12.6. The van der Waals surface area contributed by atoms with Crippen molar-refractivity contribution in [1.82, 2.24) is 4.98 Å². The van der Waals surface area contributed by atoms with E-state index in [2.05, 4.69) is 4.98 Å². The van der Waals surface area contributed by atoms with Crippen molar-refractivity contribution in [3.05, 3.63) is 42.1 Å². The molecule has 1 heterocycles. The van der Waals surface area contributed by atoms with Gasteiger partial charge in [-0.2, -0.15) is 0 Å². The van der Waals surface area contributed by atoms with Crippen LogP contribution in [0.15, 0.2) is 36.5 Å². The highest BCUT2D eigenvalue weighted by molar-refractivity contribution is 5.87. The van der Waals surface area contributed by atoms with Crippen molar-refractivity contribution in [3.63, 3.8) is 0 Å². The van der Waals surface area contributed by atoms with Gasteiger partial charge in [0.1, 0.15) is 0 Å². The van der Waals surface area contributed by atoms with Gasteiger partial charge in [-0.25, -0.2) is 9.18 Å². The molecule has 0 aliphatic carbocycles. The van der Waals surface area contributed by atoms with Gasteiger partial charge in [-0.3, -0.25) is 4.98 Å². The number of hydrogen-bond acceptors (Lipinski definition) is 2. The van der Waals surface area contributed by atoms with Gasteiger partial charge in [0.2, 0.25) is 6.17 Å². The lowest BCUT2D eigenvalue weighted by molar-refractivity contribution is -0.142. The van der Waals surface area contributed by atoms with Crippen LogP contribution in [0.3, 0.4) is 0 Å². The fourth-order valence-corrected chi connectivity index (χ4v) is 1.47. The molecule has 0 radical (unpaired) electrons. The first-order chi connectivity index (χ1) is 7.20. The highest BCUT2D eigenvalue weighted by atomic mass is 19.1. The minimum Gasteiger partial charge on any atom is -0.479 e. The Bertz CT molecular complexity index is 507. The summed E-state index contributed by atoms with van der Waals surface area (Å²) in [6.07, 6.45) is -0.592. The van der Waals surface area contributed by atoms with Crippen molar-refractivity contribution < 1.29 is 14.3 Å². The third-order valence-corrected chi connectivity index (χ3v) is 2.17. The Morgan fingerprint density at radius 3 is 2.80 bits per heavy atom. The molecule has 0 fully saturated rings. The summed E-state index contributed by atoms with van der Waals surface area (Å²) in [6, 6.07) is 8.26. The molecule has 0 aliphatic rings. The van der Waals surface area contributed by atoms with Crippen LogP contribution in [0.2, 0.25) is 0 Å². The molecule has 2 aromatic rings. The van der Waals surface area contributed by atoms with Crippen molar-refractivity contribution >= 4 is 16.9 Å². The van der Waals surface area contributed by atoms with E-state index in [0.717, 1.165) is 0 Å². The van der Waals surface area contributed by atoms with E-state index >= 15 is 0 Å². The number of benzene rings is 1. The summed E-state index contributed by atoms with van der Waals surface area (Å²) >= 11 is 0. The molecule has 0 aliphatic heterocycles. The van der Waals surface area contributed by atoms with Gasteiger partial charge in [-0.1, -0.05) is 18.2 Å². The van der Waals surface area contributed by atoms with Crippen LogP contribution in [0.1, 0.15) is 11.7 Å². The van der Waals surface area contributed by atoms with E-state index in [-0.39, 0.29) is 5.56 Å². The number of hydrogen-bond donors (Lipinski definition) is 1. The van der Waals surface area contributed by atoms with Crippen molar-refractivity contribution in [2.75, 3.05) is 0 Å². The molecule has 3 nitrogen and oxygen atoms in total. The number of fused-ring (bicyclic) bond motifs is 1. The number of halogens is 1. The Kier molecular flexibility index (Phi) is 2.33. The third-order valence-electron chi connectivity index (χ3n) is 2.17. The van der Waals surface area contributed by atoms with Gasteiger partial charge in [0, 0.05) is 17.1 Å². The predicted molar refractivity (Wildman–Crippen MR) is 53.2 cm³/mol. The third kappa shape index (κ3) is 1.66. The second-order valence-electron chi connectivity index (χ2n) is 3.12. The van der Waals surface area contributed by atoms with Crippen molar-refractivity contribution in [2.24, 2.45) is 0 Å². The zero-order valence-corrected chi connectivity index (χ0v) is 7.72. The maximum atomic E-state index is 13.4. The number of rotatable bonds is 2. The van der Waals surface area contributed by atoms with Crippen molar-refractivity contribution in [1.29, 1.82) is 0 Å². The van der Waals surface area contributed by atoms with Crippen LogP contribution in [0.4, 0.5) is 4.39 Å².